The molecule has 0 amide bonds. The standard InChI is InChI=1S/2C9H13.C2H7Si.Zr/c2*1-6-5-7(2)9(4)8(6)3;1-3-2;/h2*6H,1-4H3;3H,1-2H3;. The minimum atomic E-state index is -1.69. The van der Waals surface area contributed by atoms with E-state index in [1.807, 2.05) is 6.56 Å². The van der Waals surface area contributed by atoms with E-state index < -0.39 is 26.8 Å². The van der Waals surface area contributed by atoms with Crippen LogP contribution in [0.1, 0.15) is 55.4 Å². The Morgan fingerprint density at radius 1 is 0.636 bits per heavy atom. The molecule has 0 aromatic carbocycles. The normalized spacial score (nSPS) is 26.3. The Kier molecular flexibility index (Phi) is 5.45. The second kappa shape index (κ2) is 6.52. The second-order valence-corrected chi connectivity index (χ2v) is 26.6. The van der Waals surface area contributed by atoms with Crippen LogP contribution >= 0.6 is 0 Å². The Morgan fingerprint density at radius 3 is 1.14 bits per heavy atom. The molecule has 0 nitrogen and oxygen atoms in total. The van der Waals surface area contributed by atoms with Gasteiger partial charge in [-0.1, -0.05) is 0 Å². The van der Waals surface area contributed by atoms with E-state index in [-0.39, 0.29) is 0 Å². The van der Waals surface area contributed by atoms with E-state index in [0.29, 0.717) is 0 Å². The van der Waals surface area contributed by atoms with Gasteiger partial charge in [0, 0.05) is 0 Å². The third-order valence-corrected chi connectivity index (χ3v) is 26.6. The summed E-state index contributed by atoms with van der Waals surface area (Å²) in [4.78, 5) is 0. The molecule has 0 saturated heterocycles. The molecule has 22 heavy (non-hydrogen) atoms. The summed E-state index contributed by atoms with van der Waals surface area (Å²) in [6, 6.07) is 0. The molecule has 0 aromatic heterocycles. The number of rotatable bonds is 3. The molecule has 121 valence electrons. The van der Waals surface area contributed by atoms with E-state index in [9.17, 15) is 0 Å². The van der Waals surface area contributed by atoms with Gasteiger partial charge in [-0.25, -0.2) is 0 Å². The van der Waals surface area contributed by atoms with Crippen LogP contribution in [-0.4, -0.2) is 5.92 Å². The molecule has 0 fully saturated rings. The topological polar surface area (TPSA) is 0 Å². The van der Waals surface area contributed by atoms with Crippen LogP contribution in [0.4, 0.5) is 0 Å². The van der Waals surface area contributed by atoms with E-state index in [1.165, 1.54) is 0 Å². The molecule has 0 aliphatic heterocycles. The van der Waals surface area contributed by atoms with Crippen molar-refractivity contribution in [3.8, 4) is 0 Å². The summed E-state index contributed by atoms with van der Waals surface area (Å²) in [6.07, 6.45) is 0. The van der Waals surface area contributed by atoms with E-state index in [2.05, 4.69) is 68.5 Å². The third kappa shape index (κ3) is 2.69. The molecule has 0 spiro atoms. The van der Waals surface area contributed by atoms with Gasteiger partial charge in [-0.15, -0.1) is 0 Å². The number of hydrogen-bond acceptors (Lipinski definition) is 0. The average Bonchev–Trinajstić information content (AvgIpc) is 2.76. The van der Waals surface area contributed by atoms with E-state index in [1.54, 1.807) is 33.4 Å². The van der Waals surface area contributed by atoms with Crippen molar-refractivity contribution in [2.45, 2.75) is 68.5 Å². The van der Waals surface area contributed by atoms with Crippen molar-refractivity contribution in [3.63, 3.8) is 0 Å². The first-order valence-electron chi connectivity index (χ1n) is 8.75. The average molecular weight is 393 g/mol. The van der Waals surface area contributed by atoms with Gasteiger partial charge in [0.25, 0.3) is 0 Å². The molecule has 2 unspecified atom stereocenters. The van der Waals surface area contributed by atoms with Gasteiger partial charge < -0.3 is 0 Å². The molecular formula is C20H33SiZr. The summed E-state index contributed by atoms with van der Waals surface area (Å²) in [5.74, 6) is 0.814. The second-order valence-electron chi connectivity index (χ2n) is 7.71. The van der Waals surface area contributed by atoms with Crippen LogP contribution in [0.5, 0.6) is 0 Å². The van der Waals surface area contributed by atoms with Gasteiger partial charge >= 0.3 is 147 Å². The summed E-state index contributed by atoms with van der Waals surface area (Å²) in [5.41, 5.74) is 9.84. The van der Waals surface area contributed by atoms with Crippen molar-refractivity contribution in [3.05, 3.63) is 40.0 Å². The zero-order chi connectivity index (χ0) is 16.9. The quantitative estimate of drug-likeness (QED) is 0.508. The van der Waals surface area contributed by atoms with E-state index >= 15 is 0 Å². The molecule has 0 saturated carbocycles. The van der Waals surface area contributed by atoms with Gasteiger partial charge in [-0.05, 0) is 0 Å². The zero-order valence-electron chi connectivity index (χ0n) is 16.2. The third-order valence-electron chi connectivity index (χ3n) is 6.44. The maximum absolute atomic E-state index is 2.63. The Balaban J connectivity index is 2.57. The number of allylic oxidation sites excluding steroid dienone is 8. The van der Waals surface area contributed by atoms with Crippen molar-refractivity contribution in [1.29, 1.82) is 0 Å². The molecule has 0 aromatic rings. The van der Waals surface area contributed by atoms with E-state index in [0.717, 1.165) is 11.8 Å². The molecule has 2 aliphatic carbocycles. The Bertz CT molecular complexity index is 576. The van der Waals surface area contributed by atoms with Crippen LogP contribution in [0.15, 0.2) is 40.0 Å². The fourth-order valence-corrected chi connectivity index (χ4v) is 27.3. The summed E-state index contributed by atoms with van der Waals surface area (Å²) in [5, 5.41) is 0. The van der Waals surface area contributed by atoms with E-state index in [4.69, 9.17) is 0 Å². The first kappa shape index (κ1) is 18.4. The summed E-state index contributed by atoms with van der Waals surface area (Å²) < 4.78 is 3.89. The van der Waals surface area contributed by atoms with Gasteiger partial charge in [-0.2, -0.15) is 0 Å². The Labute approximate surface area is 146 Å². The van der Waals surface area contributed by atoms with Crippen LogP contribution in [0.25, 0.3) is 0 Å². The molecule has 2 aliphatic rings. The van der Waals surface area contributed by atoms with Crippen LogP contribution in [0, 0.1) is 11.8 Å². The molecule has 2 rings (SSSR count). The van der Waals surface area contributed by atoms with Crippen molar-refractivity contribution in [2.75, 3.05) is 0 Å². The maximum atomic E-state index is 2.63. The van der Waals surface area contributed by atoms with Gasteiger partial charge in [0.15, 0.2) is 0 Å². The fourth-order valence-electron chi connectivity index (χ4n) is 4.37. The number of hydrogen-bond donors (Lipinski definition) is 0. The fraction of sp³-hybridized carbons (Fsp3) is 0.600. The van der Waals surface area contributed by atoms with Gasteiger partial charge in [0.2, 0.25) is 0 Å². The van der Waals surface area contributed by atoms with Crippen LogP contribution in [0.2, 0.25) is 13.1 Å². The molecular weight excluding hydrogens is 360 g/mol. The minimum absolute atomic E-state index is 0.627. The van der Waals surface area contributed by atoms with Gasteiger partial charge in [0.1, 0.15) is 0 Å². The Morgan fingerprint density at radius 2 is 0.955 bits per heavy atom. The first-order chi connectivity index (χ1) is 10.1. The van der Waals surface area contributed by atoms with Crippen molar-refractivity contribution in [1.82, 2.24) is 0 Å². The monoisotopic (exact) mass is 391 g/mol. The summed E-state index contributed by atoms with van der Waals surface area (Å²) in [7, 11) is 0. The SMILES string of the molecule is CC1=C(C)C(C)[C]([Zr]([C]2=C(C)C(C)=C(C)C2C)[SiH](C)C)=C1C. The predicted octanol–water partition coefficient (Wildman–Crippen LogP) is 6.11. The van der Waals surface area contributed by atoms with Crippen molar-refractivity contribution < 1.29 is 20.9 Å². The van der Waals surface area contributed by atoms with Crippen LogP contribution in [-0.2, 0) is 20.9 Å². The molecule has 0 heterocycles. The summed E-state index contributed by atoms with van der Waals surface area (Å²) in [6.45, 7) is 24.5. The molecule has 0 bridgehead atoms. The van der Waals surface area contributed by atoms with Crippen LogP contribution in [0.3, 0.4) is 0 Å². The molecule has 2 atom stereocenters. The van der Waals surface area contributed by atoms with Crippen molar-refractivity contribution in [2.24, 2.45) is 11.8 Å². The molecule has 0 N–H and O–H groups in total. The summed E-state index contributed by atoms with van der Waals surface area (Å²) >= 11 is -1.69. The van der Waals surface area contributed by atoms with Crippen LogP contribution < -0.4 is 0 Å². The molecule has 2 heteroatoms. The Hall–Kier alpha value is 0.0600. The molecule has 0 radical (unpaired) electrons. The predicted molar refractivity (Wildman–Crippen MR) is 99.4 cm³/mol. The van der Waals surface area contributed by atoms with Gasteiger partial charge in [0.05, 0.1) is 0 Å². The zero-order valence-corrected chi connectivity index (χ0v) is 19.8. The first-order valence-corrected chi connectivity index (χ1v) is 18.4. The van der Waals surface area contributed by atoms with Crippen molar-refractivity contribution >= 4 is 5.92 Å². The van der Waals surface area contributed by atoms with Gasteiger partial charge in [-0.3, -0.25) is 0 Å².